The van der Waals surface area contributed by atoms with E-state index in [1.807, 2.05) is 17.9 Å². The zero-order chi connectivity index (χ0) is 23.3. The van der Waals surface area contributed by atoms with Crippen LogP contribution in [-0.4, -0.2) is 66.5 Å². The van der Waals surface area contributed by atoms with Crippen LogP contribution >= 0.6 is 0 Å². The van der Waals surface area contributed by atoms with Gasteiger partial charge in [-0.05, 0) is 43.2 Å². The highest BCUT2D eigenvalue weighted by Crippen LogP contribution is 2.32. The maximum absolute atomic E-state index is 14.3. The first-order valence-corrected chi connectivity index (χ1v) is 11.4. The fourth-order valence-corrected chi connectivity index (χ4v) is 4.33. The number of rotatable bonds is 7. The number of amides is 5. The highest BCUT2D eigenvalue weighted by molar-refractivity contribution is 5.76. The Morgan fingerprint density at radius 2 is 1.91 bits per heavy atom. The smallest absolute Gasteiger partial charge is 0.317 e. The Morgan fingerprint density at radius 1 is 1.16 bits per heavy atom. The molecule has 32 heavy (non-hydrogen) atoms. The molecule has 1 saturated heterocycles. The van der Waals surface area contributed by atoms with Crippen LogP contribution in [0.4, 0.5) is 14.0 Å². The molecule has 3 rings (SSSR count). The van der Waals surface area contributed by atoms with Crippen LogP contribution in [0.3, 0.4) is 0 Å². The second kappa shape index (κ2) is 10.7. The van der Waals surface area contributed by atoms with Crippen molar-refractivity contribution in [2.24, 2.45) is 5.92 Å². The lowest BCUT2D eigenvalue weighted by Crippen LogP contribution is -2.59. The van der Waals surface area contributed by atoms with E-state index in [0.717, 1.165) is 24.8 Å². The first-order chi connectivity index (χ1) is 15.3. The van der Waals surface area contributed by atoms with Gasteiger partial charge in [0.2, 0.25) is 5.91 Å². The summed E-state index contributed by atoms with van der Waals surface area (Å²) in [6.45, 7) is 4.83. The van der Waals surface area contributed by atoms with E-state index in [9.17, 15) is 18.8 Å². The van der Waals surface area contributed by atoms with Crippen molar-refractivity contribution in [3.8, 4) is 0 Å². The molecule has 1 aromatic rings. The van der Waals surface area contributed by atoms with Crippen LogP contribution in [0.2, 0.25) is 0 Å². The molecule has 176 valence electrons. The second-order valence-corrected chi connectivity index (χ2v) is 8.73. The second-order valence-electron chi connectivity index (χ2n) is 8.73. The fraction of sp³-hybridized carbons (Fsp3) is 0.609. The Hall–Kier alpha value is -2.84. The van der Waals surface area contributed by atoms with Crippen LogP contribution in [0, 0.1) is 11.7 Å². The van der Waals surface area contributed by atoms with Gasteiger partial charge >= 0.3 is 12.1 Å². The summed E-state index contributed by atoms with van der Waals surface area (Å²) in [4.78, 5) is 40.4. The van der Waals surface area contributed by atoms with Crippen LogP contribution in [0.1, 0.15) is 44.2 Å². The Morgan fingerprint density at radius 3 is 2.50 bits per heavy atom. The van der Waals surface area contributed by atoms with Crippen LogP contribution < -0.4 is 16.0 Å². The standard InChI is InChI=1S/C23H34FN5O3/c1-4-16-5-6-18(21(24)10-16)12-27-23(32)28-13-17(11-26-15(2)30)9-20(14-28)29(19-7-8-19)22(31)25-3/h5-6,10,17,19-20H,4,7-9,11-14H2,1-3H3,(H,25,31)(H,26,30)(H,27,32). The largest absolute Gasteiger partial charge is 0.356 e. The first kappa shape index (κ1) is 23.8. The van der Waals surface area contributed by atoms with Crippen LogP contribution in [0.5, 0.6) is 0 Å². The zero-order valence-corrected chi connectivity index (χ0v) is 19.1. The van der Waals surface area contributed by atoms with Gasteiger partial charge in [-0.2, -0.15) is 0 Å². The number of nitrogens with one attached hydrogen (secondary N) is 3. The number of carbonyl (C=O) groups is 3. The molecule has 1 aliphatic heterocycles. The average Bonchev–Trinajstić information content (AvgIpc) is 3.61. The Bertz CT molecular complexity index is 845. The molecule has 2 aliphatic rings. The molecular formula is C23H34FN5O3. The summed E-state index contributed by atoms with van der Waals surface area (Å²) in [5, 5.41) is 8.36. The third-order valence-electron chi connectivity index (χ3n) is 6.18. The molecular weight excluding hydrogens is 413 g/mol. The average molecular weight is 448 g/mol. The van der Waals surface area contributed by atoms with Crippen molar-refractivity contribution in [3.05, 3.63) is 35.1 Å². The lowest BCUT2D eigenvalue weighted by molar-refractivity contribution is -0.119. The van der Waals surface area contributed by atoms with Gasteiger partial charge in [0.1, 0.15) is 5.82 Å². The molecule has 0 aromatic heterocycles. The minimum absolute atomic E-state index is 0.0230. The summed E-state index contributed by atoms with van der Waals surface area (Å²) in [6.07, 6.45) is 3.37. The number of nitrogens with zero attached hydrogens (tertiary/aromatic N) is 2. The van der Waals surface area contributed by atoms with Gasteiger partial charge in [-0.1, -0.05) is 19.1 Å². The van der Waals surface area contributed by atoms with E-state index in [1.165, 1.54) is 13.0 Å². The number of benzene rings is 1. The summed E-state index contributed by atoms with van der Waals surface area (Å²) in [5.41, 5.74) is 1.34. The molecule has 1 heterocycles. The number of hydrogen-bond acceptors (Lipinski definition) is 3. The lowest BCUT2D eigenvalue weighted by atomic mass is 9.93. The maximum atomic E-state index is 14.3. The molecule has 0 bridgehead atoms. The molecule has 3 N–H and O–H groups in total. The maximum Gasteiger partial charge on any atom is 0.317 e. The number of urea groups is 2. The summed E-state index contributed by atoms with van der Waals surface area (Å²) >= 11 is 0. The van der Waals surface area contributed by atoms with E-state index >= 15 is 0 Å². The highest BCUT2D eigenvalue weighted by atomic mass is 19.1. The van der Waals surface area contributed by atoms with E-state index in [-0.39, 0.29) is 48.3 Å². The van der Waals surface area contributed by atoms with E-state index in [2.05, 4.69) is 16.0 Å². The molecule has 2 fully saturated rings. The number of halogens is 1. The van der Waals surface area contributed by atoms with Crippen molar-refractivity contribution in [2.45, 2.75) is 58.2 Å². The molecule has 9 heteroatoms. The first-order valence-electron chi connectivity index (χ1n) is 11.4. The van der Waals surface area contributed by atoms with Gasteiger partial charge in [-0.15, -0.1) is 0 Å². The van der Waals surface area contributed by atoms with Crippen LogP contribution in [0.25, 0.3) is 0 Å². The molecule has 2 atom stereocenters. The molecule has 0 radical (unpaired) electrons. The minimum Gasteiger partial charge on any atom is -0.356 e. The van der Waals surface area contributed by atoms with Gasteiger partial charge in [-0.25, -0.2) is 14.0 Å². The molecule has 0 spiro atoms. The molecule has 1 saturated carbocycles. The summed E-state index contributed by atoms with van der Waals surface area (Å²) < 4.78 is 14.3. The number of hydrogen-bond donors (Lipinski definition) is 3. The summed E-state index contributed by atoms with van der Waals surface area (Å²) in [5.74, 6) is -0.432. The minimum atomic E-state index is -0.329. The van der Waals surface area contributed by atoms with Crippen LogP contribution in [0.15, 0.2) is 18.2 Å². The van der Waals surface area contributed by atoms with Crippen LogP contribution in [-0.2, 0) is 17.8 Å². The van der Waals surface area contributed by atoms with Gasteiger partial charge in [0.05, 0.1) is 6.04 Å². The number of likely N-dealkylation sites (tertiary alicyclic amines) is 1. The van der Waals surface area contributed by atoms with Gasteiger partial charge in [0.25, 0.3) is 0 Å². The normalized spacial score (nSPS) is 20.4. The molecule has 2 unspecified atom stereocenters. The predicted octanol–water partition coefficient (Wildman–Crippen LogP) is 2.23. The van der Waals surface area contributed by atoms with E-state index in [4.69, 9.17) is 0 Å². The lowest BCUT2D eigenvalue weighted by Gasteiger charge is -2.42. The monoisotopic (exact) mass is 447 g/mol. The van der Waals surface area contributed by atoms with E-state index in [1.54, 1.807) is 18.0 Å². The molecule has 8 nitrogen and oxygen atoms in total. The number of carbonyl (C=O) groups excluding carboxylic acids is 3. The van der Waals surface area contributed by atoms with Crippen molar-refractivity contribution in [3.63, 3.8) is 0 Å². The Balaban J connectivity index is 1.69. The SMILES string of the molecule is CCc1ccc(CNC(=O)N2CC(CNC(C)=O)CC(N(C(=O)NC)C3CC3)C2)c(F)c1. The van der Waals surface area contributed by atoms with Gasteiger partial charge in [0.15, 0.2) is 0 Å². The highest BCUT2D eigenvalue weighted by Gasteiger charge is 2.41. The fourth-order valence-electron chi connectivity index (χ4n) is 4.33. The van der Waals surface area contributed by atoms with Crippen molar-refractivity contribution in [1.29, 1.82) is 0 Å². The Labute approximate surface area is 188 Å². The third-order valence-corrected chi connectivity index (χ3v) is 6.18. The van der Waals surface area contributed by atoms with Gasteiger partial charge in [0, 0.05) is 51.8 Å². The predicted molar refractivity (Wildman–Crippen MR) is 119 cm³/mol. The van der Waals surface area contributed by atoms with Gasteiger partial charge in [-0.3, -0.25) is 4.79 Å². The molecule has 1 aliphatic carbocycles. The molecule has 5 amide bonds. The Kier molecular flexibility index (Phi) is 7.93. The van der Waals surface area contributed by atoms with Crippen molar-refractivity contribution in [2.75, 3.05) is 26.7 Å². The van der Waals surface area contributed by atoms with Gasteiger partial charge < -0.3 is 25.8 Å². The quantitative estimate of drug-likeness (QED) is 0.598. The third kappa shape index (κ3) is 6.11. The summed E-state index contributed by atoms with van der Waals surface area (Å²) in [6, 6.07) is 4.68. The van der Waals surface area contributed by atoms with Crippen molar-refractivity contribution in [1.82, 2.24) is 25.8 Å². The van der Waals surface area contributed by atoms with E-state index < -0.39 is 0 Å². The van der Waals surface area contributed by atoms with E-state index in [0.29, 0.717) is 31.6 Å². The topological polar surface area (TPSA) is 93.8 Å². The number of aryl methyl sites for hydroxylation is 1. The van der Waals surface area contributed by atoms with Crippen molar-refractivity contribution >= 4 is 18.0 Å². The van der Waals surface area contributed by atoms with Crippen molar-refractivity contribution < 1.29 is 18.8 Å². The summed E-state index contributed by atoms with van der Waals surface area (Å²) in [7, 11) is 1.61. The zero-order valence-electron chi connectivity index (χ0n) is 19.1. The number of piperidine rings is 1. The molecule has 1 aromatic carbocycles.